The summed E-state index contributed by atoms with van der Waals surface area (Å²) in [7, 11) is 0. The van der Waals surface area contributed by atoms with Crippen molar-refractivity contribution in [2.24, 2.45) is 0 Å². The molecule has 1 atom stereocenters. The molecule has 0 saturated carbocycles. The van der Waals surface area contributed by atoms with Crippen LogP contribution in [0.25, 0.3) is 0 Å². The molecule has 0 saturated heterocycles. The molecule has 0 aromatic rings. The molecule has 0 aliphatic carbocycles. The first-order valence-electron chi connectivity index (χ1n) is 9.74. The molecule has 2 nitrogen and oxygen atoms in total. The van der Waals surface area contributed by atoms with E-state index in [2.05, 4.69) is 13.8 Å². The van der Waals surface area contributed by atoms with Crippen LogP contribution in [-0.4, -0.2) is 66.1 Å². The summed E-state index contributed by atoms with van der Waals surface area (Å²) in [4.78, 5) is 10.1. The largest absolute Gasteiger partial charge is 2.00 e. The third-order valence-corrected chi connectivity index (χ3v) is 8.42. The summed E-state index contributed by atoms with van der Waals surface area (Å²) in [5.41, 5.74) is -2.57. The fourth-order valence-corrected chi connectivity index (χ4v) is 5.93. The van der Waals surface area contributed by atoms with Crippen molar-refractivity contribution in [1.82, 2.24) is 0 Å². The summed E-state index contributed by atoms with van der Waals surface area (Å²) in [6.45, 7) is 5.12. The molecule has 0 rings (SSSR count). The van der Waals surface area contributed by atoms with Crippen LogP contribution in [0, 0.1) is 0 Å². The van der Waals surface area contributed by atoms with E-state index in [-0.39, 0.29) is 51.7 Å². The summed E-state index contributed by atoms with van der Waals surface area (Å²) in [5.74, 6) is 0.943. The van der Waals surface area contributed by atoms with Crippen molar-refractivity contribution in [2.75, 3.05) is 12.4 Å². The van der Waals surface area contributed by atoms with Gasteiger partial charge in [0.25, 0.3) is 0 Å². The minimum Gasteiger partial charge on any atom is -1.00 e. The summed E-state index contributed by atoms with van der Waals surface area (Å²) < 4.78 is 5.56. The van der Waals surface area contributed by atoms with Gasteiger partial charge in [0, 0.05) is 5.75 Å². The topological polar surface area (TPSA) is 29.5 Å². The molecule has 6 heteroatoms. The molecular weight excluding hydrogens is 481 g/mol. The quantitative estimate of drug-likeness (QED) is 0.116. The third kappa shape index (κ3) is 22.5. The van der Waals surface area contributed by atoms with Gasteiger partial charge in [-0.3, -0.25) is 0 Å². The van der Waals surface area contributed by atoms with Crippen LogP contribution >= 0.6 is 17.1 Å². The van der Waals surface area contributed by atoms with Crippen LogP contribution < -0.4 is 0 Å². The summed E-state index contributed by atoms with van der Waals surface area (Å²) in [6, 6.07) is 0. The van der Waals surface area contributed by atoms with Gasteiger partial charge in [-0.05, 0) is 24.6 Å². The standard InChI is InChI=1S/C18H39O2PS2.Ba.2H/c1-3-5-7-9-11-13-15-17-20-21(19,22)23-18-16-14-12-10-8-6-4-2;;;/h3-18H2,1-2H3,(H,19,22);;;/q;+2;2*-1. The van der Waals surface area contributed by atoms with Gasteiger partial charge >= 0.3 is 48.9 Å². The van der Waals surface area contributed by atoms with E-state index in [1.165, 1.54) is 88.4 Å². The van der Waals surface area contributed by atoms with E-state index < -0.39 is 5.69 Å². The Morgan fingerprint density at radius 2 is 1.21 bits per heavy atom. The molecule has 0 fully saturated rings. The Morgan fingerprint density at radius 3 is 1.71 bits per heavy atom. The van der Waals surface area contributed by atoms with Crippen molar-refractivity contribution >= 4 is 77.8 Å². The van der Waals surface area contributed by atoms with Crippen LogP contribution in [0.5, 0.6) is 0 Å². The smallest absolute Gasteiger partial charge is 1.00 e. The first-order chi connectivity index (χ1) is 11.1. The zero-order valence-electron chi connectivity index (χ0n) is 18.1. The van der Waals surface area contributed by atoms with Crippen LogP contribution in [0.3, 0.4) is 0 Å². The van der Waals surface area contributed by atoms with E-state index in [0.29, 0.717) is 6.61 Å². The van der Waals surface area contributed by atoms with Crippen LogP contribution in [0.15, 0.2) is 0 Å². The molecule has 0 aromatic carbocycles. The first-order valence-corrected chi connectivity index (χ1v) is 14.0. The molecule has 0 aliphatic heterocycles. The van der Waals surface area contributed by atoms with Crippen molar-refractivity contribution < 1.29 is 12.3 Å². The monoisotopic (exact) mass is 522 g/mol. The van der Waals surface area contributed by atoms with E-state index >= 15 is 0 Å². The molecule has 0 aromatic heterocycles. The van der Waals surface area contributed by atoms with Crippen molar-refractivity contribution in [2.45, 2.75) is 104 Å². The van der Waals surface area contributed by atoms with E-state index in [1.54, 1.807) is 0 Å². The van der Waals surface area contributed by atoms with Crippen LogP contribution in [0.2, 0.25) is 0 Å². The van der Waals surface area contributed by atoms with Crippen LogP contribution in [0.1, 0.15) is 107 Å². The minimum atomic E-state index is -2.57. The Kier molecular flexibility index (Phi) is 26.1. The first kappa shape index (κ1) is 28.7. The summed E-state index contributed by atoms with van der Waals surface area (Å²) in [6.07, 6.45) is 17.9. The summed E-state index contributed by atoms with van der Waals surface area (Å²) >= 11 is 6.70. The van der Waals surface area contributed by atoms with Gasteiger partial charge in [0.15, 0.2) is 0 Å². The number of hydrogen-bond acceptors (Lipinski definition) is 3. The molecule has 0 heterocycles. The zero-order chi connectivity index (χ0) is 17.2. The fourth-order valence-electron chi connectivity index (χ4n) is 2.52. The molecule has 24 heavy (non-hydrogen) atoms. The average molecular weight is 522 g/mol. The predicted molar refractivity (Wildman–Crippen MR) is 119 cm³/mol. The SMILES string of the molecule is CCCCCCCCCOP(O)(=S)SCCCCCCCCC.[Ba+2].[H-].[H-]. The van der Waals surface area contributed by atoms with Gasteiger partial charge in [-0.25, -0.2) is 0 Å². The molecule has 1 unspecified atom stereocenters. The second-order valence-electron chi connectivity index (χ2n) is 6.38. The fraction of sp³-hybridized carbons (Fsp3) is 1.00. The second-order valence-corrected chi connectivity index (χ2v) is 12.7. The third-order valence-electron chi connectivity index (χ3n) is 4.00. The van der Waals surface area contributed by atoms with E-state index in [4.69, 9.17) is 16.3 Å². The van der Waals surface area contributed by atoms with Crippen molar-refractivity contribution in [3.05, 3.63) is 0 Å². The average Bonchev–Trinajstić information content (AvgIpc) is 2.52. The molecule has 144 valence electrons. The van der Waals surface area contributed by atoms with Gasteiger partial charge in [0.05, 0.1) is 6.61 Å². The minimum absolute atomic E-state index is 0. The van der Waals surface area contributed by atoms with Crippen molar-refractivity contribution in [3.8, 4) is 0 Å². The van der Waals surface area contributed by atoms with Crippen LogP contribution in [0.4, 0.5) is 0 Å². The second kappa shape index (κ2) is 21.8. The van der Waals surface area contributed by atoms with E-state index in [9.17, 15) is 4.89 Å². The maximum absolute atomic E-state index is 10.1. The number of rotatable bonds is 18. The van der Waals surface area contributed by atoms with Crippen molar-refractivity contribution in [3.63, 3.8) is 0 Å². The number of unbranched alkanes of at least 4 members (excludes halogenated alkanes) is 12. The van der Waals surface area contributed by atoms with Gasteiger partial charge in [-0.15, -0.1) is 0 Å². The molecular formula is C18H41BaO2PS2. The van der Waals surface area contributed by atoms with Crippen molar-refractivity contribution in [1.29, 1.82) is 0 Å². The van der Waals surface area contributed by atoms with E-state index in [1.807, 2.05) is 0 Å². The Hall–Kier alpha value is 2.49. The Bertz CT molecular complexity index is 280. The maximum atomic E-state index is 10.1. The molecule has 0 bridgehead atoms. The zero-order valence-corrected chi connectivity index (χ0v) is 23.1. The maximum Gasteiger partial charge on any atom is 2.00 e. The van der Waals surface area contributed by atoms with Gasteiger partial charge in [0.2, 0.25) is 5.69 Å². The molecule has 0 radical (unpaired) electrons. The predicted octanol–water partition coefficient (Wildman–Crippen LogP) is 7.30. The Morgan fingerprint density at radius 1 is 0.792 bits per heavy atom. The molecule has 0 spiro atoms. The Balaban J connectivity index is -0.000000807. The van der Waals surface area contributed by atoms with Gasteiger partial charge in [-0.2, -0.15) is 0 Å². The molecule has 1 N–H and O–H groups in total. The van der Waals surface area contributed by atoms with E-state index in [0.717, 1.165) is 18.6 Å². The molecule has 0 aliphatic rings. The summed E-state index contributed by atoms with van der Waals surface area (Å²) in [5, 5.41) is 0. The van der Waals surface area contributed by atoms with Gasteiger partial charge in [0.1, 0.15) is 0 Å². The van der Waals surface area contributed by atoms with Gasteiger partial charge in [-0.1, -0.05) is 102 Å². The Labute approximate surface area is 204 Å². The van der Waals surface area contributed by atoms with Crippen LogP contribution in [-0.2, 0) is 16.3 Å². The van der Waals surface area contributed by atoms with Gasteiger partial charge < -0.3 is 12.3 Å². The normalized spacial score (nSPS) is 13.5. The number of hydrogen-bond donors (Lipinski definition) is 1. The molecule has 0 amide bonds.